The minimum absolute atomic E-state index is 0.0294. The van der Waals surface area contributed by atoms with Gasteiger partial charge >= 0.3 is 0 Å². The van der Waals surface area contributed by atoms with Crippen molar-refractivity contribution in [2.45, 2.75) is 78.7 Å². The van der Waals surface area contributed by atoms with Crippen LogP contribution in [0.4, 0.5) is 0 Å². The third kappa shape index (κ3) is 2.04. The molecule has 0 aliphatic heterocycles. The van der Waals surface area contributed by atoms with Crippen molar-refractivity contribution < 1.29 is 14.7 Å². The average Bonchev–Trinajstić information content (AvgIpc) is 2.78. The van der Waals surface area contributed by atoms with Gasteiger partial charge in [-0.05, 0) is 80.1 Å². The van der Waals surface area contributed by atoms with Crippen molar-refractivity contribution in [3.63, 3.8) is 0 Å². The van der Waals surface area contributed by atoms with Crippen LogP contribution in [0.5, 0.6) is 0 Å². The van der Waals surface area contributed by atoms with Crippen LogP contribution in [-0.4, -0.2) is 22.3 Å². The lowest BCUT2D eigenvalue weighted by molar-refractivity contribution is -0.166. The Labute approximate surface area is 157 Å². The smallest absolute Gasteiger partial charge is 0.162 e. The Balaban J connectivity index is 1.76. The van der Waals surface area contributed by atoms with Gasteiger partial charge in [-0.1, -0.05) is 33.3 Å². The third-order valence-electron chi connectivity index (χ3n) is 9.40. The van der Waals surface area contributed by atoms with Crippen molar-refractivity contribution in [2.24, 2.45) is 40.4 Å². The lowest BCUT2D eigenvalue weighted by Gasteiger charge is -2.60. The Morgan fingerprint density at radius 2 is 1.85 bits per heavy atom. The van der Waals surface area contributed by atoms with Gasteiger partial charge in [-0.3, -0.25) is 9.59 Å². The molecule has 3 saturated carbocycles. The summed E-state index contributed by atoms with van der Waals surface area (Å²) in [6.07, 6.45) is 7.64. The molecule has 4 aliphatic rings. The highest BCUT2D eigenvalue weighted by molar-refractivity contribution is 5.91. The van der Waals surface area contributed by atoms with Gasteiger partial charge in [0.2, 0.25) is 0 Å². The highest BCUT2D eigenvalue weighted by atomic mass is 16.3. The van der Waals surface area contributed by atoms with Gasteiger partial charge < -0.3 is 5.11 Å². The van der Waals surface area contributed by atoms with E-state index in [1.165, 1.54) is 5.57 Å². The Kier molecular flexibility index (Phi) is 3.91. The number of hydrogen-bond acceptors (Lipinski definition) is 3. The van der Waals surface area contributed by atoms with Gasteiger partial charge in [0.1, 0.15) is 5.60 Å². The number of fused-ring (bicyclic) bond motifs is 5. The van der Waals surface area contributed by atoms with Crippen LogP contribution in [-0.2, 0) is 9.59 Å². The molecule has 144 valence electrons. The number of hydrogen-bond donors (Lipinski definition) is 1. The maximum Gasteiger partial charge on any atom is 0.162 e. The SMILES string of the molecule is CC(=O)[C@@]1(O)[C@H](C)C[C@H]2[C@@H]3C[C@H](C)C4=CC(=O)CC[C@]4(C)[C@H]3CC[C@@]21C. The molecular formula is C23H34O3. The Morgan fingerprint density at radius 3 is 2.50 bits per heavy atom. The molecular weight excluding hydrogens is 324 g/mol. The highest BCUT2D eigenvalue weighted by Gasteiger charge is 2.68. The summed E-state index contributed by atoms with van der Waals surface area (Å²) in [7, 11) is 0. The van der Waals surface area contributed by atoms with E-state index in [4.69, 9.17) is 0 Å². The molecule has 0 aromatic rings. The molecule has 3 heteroatoms. The summed E-state index contributed by atoms with van der Waals surface area (Å²) in [5, 5.41) is 11.5. The Hall–Kier alpha value is -0.960. The van der Waals surface area contributed by atoms with Crippen LogP contribution in [0.25, 0.3) is 0 Å². The van der Waals surface area contributed by atoms with Crippen LogP contribution in [0.2, 0.25) is 0 Å². The average molecular weight is 359 g/mol. The first-order valence-electron chi connectivity index (χ1n) is 10.5. The van der Waals surface area contributed by atoms with E-state index in [9.17, 15) is 14.7 Å². The summed E-state index contributed by atoms with van der Waals surface area (Å²) >= 11 is 0. The molecule has 3 fully saturated rings. The van der Waals surface area contributed by atoms with Gasteiger partial charge in [0, 0.05) is 11.8 Å². The second-order valence-corrected chi connectivity index (χ2v) is 10.4. The van der Waals surface area contributed by atoms with E-state index in [0.29, 0.717) is 35.9 Å². The monoisotopic (exact) mass is 358 g/mol. The van der Waals surface area contributed by atoms with Crippen molar-refractivity contribution in [2.75, 3.05) is 0 Å². The van der Waals surface area contributed by atoms with Gasteiger partial charge in [0.15, 0.2) is 11.6 Å². The van der Waals surface area contributed by atoms with Gasteiger partial charge in [0.25, 0.3) is 0 Å². The van der Waals surface area contributed by atoms with E-state index in [2.05, 4.69) is 27.7 Å². The normalized spacial score (nSPS) is 53.4. The molecule has 0 aromatic heterocycles. The Morgan fingerprint density at radius 1 is 1.15 bits per heavy atom. The summed E-state index contributed by atoms with van der Waals surface area (Å²) < 4.78 is 0. The van der Waals surface area contributed by atoms with Crippen LogP contribution < -0.4 is 0 Å². The summed E-state index contributed by atoms with van der Waals surface area (Å²) in [5.41, 5.74) is 0.0242. The third-order valence-corrected chi connectivity index (χ3v) is 9.40. The van der Waals surface area contributed by atoms with Crippen LogP contribution in [0.15, 0.2) is 11.6 Å². The predicted octanol–water partition coefficient (Wildman–Crippen LogP) is 4.33. The molecule has 0 radical (unpaired) electrons. The van der Waals surface area contributed by atoms with E-state index in [0.717, 1.165) is 32.1 Å². The molecule has 1 N–H and O–H groups in total. The second kappa shape index (κ2) is 5.53. The molecule has 0 aromatic carbocycles. The summed E-state index contributed by atoms with van der Waals surface area (Å²) in [6.45, 7) is 10.5. The molecule has 0 bridgehead atoms. The standard InChI is InChI=1S/C23H34O3/c1-13-10-17-18(21(4)8-6-16(25)12-19(13)21)7-9-22(5)20(17)11-14(2)23(22,26)15(3)24/h12-14,17-18,20,26H,6-11H2,1-5H3/t13-,14+,17+,18-,20-,21+,22-,23-/m0/s1. The van der Waals surface area contributed by atoms with E-state index >= 15 is 0 Å². The Bertz CT molecular complexity index is 694. The van der Waals surface area contributed by atoms with E-state index in [-0.39, 0.29) is 22.5 Å². The fraction of sp³-hybridized carbons (Fsp3) is 0.826. The van der Waals surface area contributed by atoms with Gasteiger partial charge in [-0.2, -0.15) is 0 Å². The summed E-state index contributed by atoms with van der Waals surface area (Å²) in [6, 6.07) is 0. The number of Topliss-reactive ketones (excluding diaryl/α,β-unsaturated/α-hetero) is 1. The maximum absolute atomic E-state index is 12.5. The van der Waals surface area contributed by atoms with Crippen LogP contribution in [0, 0.1) is 40.4 Å². The molecule has 8 atom stereocenters. The molecule has 3 nitrogen and oxygen atoms in total. The molecule has 0 amide bonds. The number of carbonyl (C=O) groups is 2. The zero-order valence-electron chi connectivity index (χ0n) is 17.0. The van der Waals surface area contributed by atoms with Gasteiger partial charge in [-0.15, -0.1) is 0 Å². The maximum atomic E-state index is 12.5. The predicted molar refractivity (Wildman–Crippen MR) is 101 cm³/mol. The molecule has 0 saturated heterocycles. The number of aliphatic hydroxyl groups is 1. The molecule has 0 spiro atoms. The van der Waals surface area contributed by atoms with Crippen molar-refractivity contribution in [1.29, 1.82) is 0 Å². The topological polar surface area (TPSA) is 54.4 Å². The number of carbonyl (C=O) groups excluding carboxylic acids is 2. The van der Waals surface area contributed by atoms with E-state index < -0.39 is 5.60 Å². The molecule has 0 unspecified atom stereocenters. The fourth-order valence-electron chi connectivity index (χ4n) is 8.08. The largest absolute Gasteiger partial charge is 0.381 e. The van der Waals surface area contributed by atoms with Crippen molar-refractivity contribution >= 4 is 11.6 Å². The first kappa shape index (κ1) is 18.4. The molecule has 0 heterocycles. The number of ketones is 2. The molecule has 26 heavy (non-hydrogen) atoms. The van der Waals surface area contributed by atoms with Crippen LogP contribution >= 0.6 is 0 Å². The lowest BCUT2D eigenvalue weighted by atomic mass is 9.44. The molecule has 4 rings (SSSR count). The zero-order chi connectivity index (χ0) is 19.1. The second-order valence-electron chi connectivity index (χ2n) is 10.4. The number of allylic oxidation sites excluding steroid dienone is 1. The highest BCUT2D eigenvalue weighted by Crippen LogP contribution is 2.69. The van der Waals surface area contributed by atoms with Gasteiger partial charge in [0.05, 0.1) is 0 Å². The summed E-state index contributed by atoms with van der Waals surface area (Å²) in [5.74, 6) is 2.24. The first-order chi connectivity index (χ1) is 12.1. The van der Waals surface area contributed by atoms with Gasteiger partial charge in [-0.25, -0.2) is 0 Å². The fourth-order valence-corrected chi connectivity index (χ4v) is 8.08. The number of rotatable bonds is 1. The first-order valence-corrected chi connectivity index (χ1v) is 10.5. The summed E-state index contributed by atoms with van der Waals surface area (Å²) in [4.78, 5) is 24.5. The zero-order valence-corrected chi connectivity index (χ0v) is 17.0. The van der Waals surface area contributed by atoms with Crippen molar-refractivity contribution in [3.05, 3.63) is 11.6 Å². The van der Waals surface area contributed by atoms with Crippen LogP contribution in [0.3, 0.4) is 0 Å². The van der Waals surface area contributed by atoms with Crippen molar-refractivity contribution in [3.8, 4) is 0 Å². The van der Waals surface area contributed by atoms with Crippen LogP contribution in [0.1, 0.15) is 73.1 Å². The lowest BCUT2D eigenvalue weighted by Crippen LogP contribution is -2.59. The quantitative estimate of drug-likeness (QED) is 0.759. The minimum atomic E-state index is -1.18. The van der Waals surface area contributed by atoms with Crippen molar-refractivity contribution in [1.82, 2.24) is 0 Å². The minimum Gasteiger partial charge on any atom is -0.381 e. The van der Waals surface area contributed by atoms with E-state index in [1.807, 2.05) is 6.08 Å². The van der Waals surface area contributed by atoms with E-state index in [1.54, 1.807) is 6.92 Å². The molecule has 4 aliphatic carbocycles.